The van der Waals surface area contributed by atoms with Crippen molar-refractivity contribution in [1.82, 2.24) is 20.2 Å². The summed E-state index contributed by atoms with van der Waals surface area (Å²) in [5.41, 5.74) is 2.01. The lowest BCUT2D eigenvalue weighted by Crippen LogP contribution is -2.39. The van der Waals surface area contributed by atoms with Gasteiger partial charge in [0.15, 0.2) is 5.16 Å². The Kier molecular flexibility index (Phi) is 5.75. The second-order valence-corrected chi connectivity index (χ2v) is 6.39. The third kappa shape index (κ3) is 4.54. The number of imide groups is 1. The molecule has 0 saturated heterocycles. The molecule has 1 aromatic carbocycles. The highest BCUT2D eigenvalue weighted by Crippen LogP contribution is 2.24. The van der Waals surface area contributed by atoms with Gasteiger partial charge in [0, 0.05) is 7.05 Å². The first-order valence-corrected chi connectivity index (χ1v) is 8.92. The van der Waals surface area contributed by atoms with E-state index in [9.17, 15) is 9.59 Å². The minimum atomic E-state index is -0.559. The number of furan rings is 1. The van der Waals surface area contributed by atoms with Crippen molar-refractivity contribution in [2.24, 2.45) is 7.05 Å². The fourth-order valence-corrected chi connectivity index (χ4v) is 3.07. The number of carbonyl (C=O) groups is 2. The first-order valence-electron chi connectivity index (χ1n) is 7.93. The maximum absolute atomic E-state index is 11.9. The van der Waals surface area contributed by atoms with Crippen LogP contribution in [0, 0.1) is 0 Å². The predicted octanol–water partition coefficient (Wildman–Crippen LogP) is 2.80. The van der Waals surface area contributed by atoms with Crippen LogP contribution in [-0.4, -0.2) is 27.2 Å². The van der Waals surface area contributed by atoms with Gasteiger partial charge in [0.1, 0.15) is 5.76 Å². The highest BCUT2D eigenvalue weighted by Gasteiger charge is 2.13. The third-order valence-electron chi connectivity index (χ3n) is 3.60. The van der Waals surface area contributed by atoms with Crippen LogP contribution in [0.4, 0.5) is 4.79 Å². The molecule has 2 heterocycles. The van der Waals surface area contributed by atoms with Crippen LogP contribution < -0.4 is 10.6 Å². The van der Waals surface area contributed by atoms with Crippen LogP contribution >= 0.6 is 11.8 Å². The Morgan fingerprint density at radius 3 is 2.73 bits per heavy atom. The molecule has 0 unspecified atom stereocenters. The van der Waals surface area contributed by atoms with Gasteiger partial charge in [-0.25, -0.2) is 9.78 Å². The summed E-state index contributed by atoms with van der Waals surface area (Å²) in [6.45, 7) is 0.221. The molecule has 0 aliphatic heterocycles. The zero-order valence-corrected chi connectivity index (χ0v) is 15.0. The number of amides is 3. The summed E-state index contributed by atoms with van der Waals surface area (Å²) in [7, 11) is 1.89. The quantitative estimate of drug-likeness (QED) is 0.651. The standard InChI is InChI=1S/C18H18N4O3S/c1-22-15(13-6-3-2-4-7-13)11-20-18(22)26-12-16(23)21-17(24)19-10-14-8-5-9-25-14/h2-9,11H,10,12H2,1H3,(H2,19,21,23,24). The molecule has 0 radical (unpaired) electrons. The molecule has 0 aliphatic rings. The van der Waals surface area contributed by atoms with E-state index in [2.05, 4.69) is 15.6 Å². The molecule has 0 bridgehead atoms. The number of rotatable bonds is 6. The van der Waals surface area contributed by atoms with Crippen molar-refractivity contribution in [2.75, 3.05) is 5.75 Å². The number of thioether (sulfide) groups is 1. The van der Waals surface area contributed by atoms with Gasteiger partial charge in [-0.2, -0.15) is 0 Å². The molecule has 2 aromatic heterocycles. The molecule has 8 heteroatoms. The van der Waals surface area contributed by atoms with Crippen molar-refractivity contribution < 1.29 is 14.0 Å². The summed E-state index contributed by atoms with van der Waals surface area (Å²) in [5, 5.41) is 5.54. The van der Waals surface area contributed by atoms with Crippen LogP contribution in [0.2, 0.25) is 0 Å². The maximum atomic E-state index is 11.9. The van der Waals surface area contributed by atoms with E-state index in [1.807, 2.05) is 41.9 Å². The second kappa shape index (κ2) is 8.39. The molecule has 0 fully saturated rings. The SMILES string of the molecule is Cn1c(-c2ccccc2)cnc1SCC(=O)NC(=O)NCc1ccco1. The molecular formula is C18H18N4O3S. The predicted molar refractivity (Wildman–Crippen MR) is 98.5 cm³/mol. The van der Waals surface area contributed by atoms with Crippen molar-refractivity contribution in [2.45, 2.75) is 11.7 Å². The summed E-state index contributed by atoms with van der Waals surface area (Å²) in [4.78, 5) is 28.0. The summed E-state index contributed by atoms with van der Waals surface area (Å²) in [5.74, 6) is 0.312. The lowest BCUT2D eigenvalue weighted by Gasteiger charge is -2.07. The van der Waals surface area contributed by atoms with Gasteiger partial charge in [0.05, 0.1) is 30.5 Å². The number of nitrogens with zero attached hydrogens (tertiary/aromatic N) is 2. The minimum absolute atomic E-state index is 0.0905. The molecule has 0 spiro atoms. The number of imidazole rings is 1. The average Bonchev–Trinajstić information content (AvgIpc) is 3.29. The monoisotopic (exact) mass is 370 g/mol. The van der Waals surface area contributed by atoms with E-state index in [0.717, 1.165) is 11.3 Å². The van der Waals surface area contributed by atoms with Gasteiger partial charge in [0.2, 0.25) is 5.91 Å². The fourth-order valence-electron chi connectivity index (χ4n) is 2.32. The minimum Gasteiger partial charge on any atom is -0.467 e. The molecule has 3 rings (SSSR count). The van der Waals surface area contributed by atoms with Crippen LogP contribution in [0.3, 0.4) is 0 Å². The van der Waals surface area contributed by atoms with Crippen molar-refractivity contribution >= 4 is 23.7 Å². The molecule has 0 aliphatic carbocycles. The van der Waals surface area contributed by atoms with Crippen molar-refractivity contribution in [3.63, 3.8) is 0 Å². The molecule has 26 heavy (non-hydrogen) atoms. The van der Waals surface area contributed by atoms with Crippen LogP contribution in [0.25, 0.3) is 11.3 Å². The van der Waals surface area contributed by atoms with Crippen molar-refractivity contribution in [1.29, 1.82) is 0 Å². The smallest absolute Gasteiger partial charge is 0.321 e. The zero-order valence-electron chi connectivity index (χ0n) is 14.1. The molecule has 3 aromatic rings. The van der Waals surface area contributed by atoms with E-state index in [4.69, 9.17) is 4.42 Å². The first-order chi connectivity index (χ1) is 12.6. The van der Waals surface area contributed by atoms with Gasteiger partial charge in [-0.05, 0) is 17.7 Å². The summed E-state index contributed by atoms with van der Waals surface area (Å²) in [6.07, 6.45) is 3.29. The highest BCUT2D eigenvalue weighted by molar-refractivity contribution is 7.99. The molecular weight excluding hydrogens is 352 g/mol. The second-order valence-electron chi connectivity index (χ2n) is 5.45. The van der Waals surface area contributed by atoms with E-state index in [0.29, 0.717) is 10.9 Å². The lowest BCUT2D eigenvalue weighted by atomic mass is 10.2. The number of hydrogen-bond donors (Lipinski definition) is 2. The Balaban J connectivity index is 1.49. The normalized spacial score (nSPS) is 10.5. The Hall–Kier alpha value is -3.00. The number of carbonyl (C=O) groups excluding carboxylic acids is 2. The fraction of sp³-hybridized carbons (Fsp3) is 0.167. The average molecular weight is 370 g/mol. The maximum Gasteiger partial charge on any atom is 0.321 e. The topological polar surface area (TPSA) is 89.2 Å². The summed E-state index contributed by atoms with van der Waals surface area (Å²) >= 11 is 1.27. The number of nitrogens with one attached hydrogen (secondary N) is 2. The third-order valence-corrected chi connectivity index (χ3v) is 4.65. The van der Waals surface area contributed by atoms with Crippen LogP contribution in [-0.2, 0) is 18.4 Å². The van der Waals surface area contributed by atoms with E-state index in [-0.39, 0.29) is 12.3 Å². The largest absolute Gasteiger partial charge is 0.467 e. The molecule has 2 N–H and O–H groups in total. The van der Waals surface area contributed by atoms with Gasteiger partial charge >= 0.3 is 6.03 Å². The molecule has 0 saturated carbocycles. The van der Waals surface area contributed by atoms with E-state index >= 15 is 0 Å². The number of urea groups is 1. The van der Waals surface area contributed by atoms with Gasteiger partial charge in [0.25, 0.3) is 0 Å². The Morgan fingerprint density at radius 2 is 2.00 bits per heavy atom. The number of hydrogen-bond acceptors (Lipinski definition) is 5. The Bertz CT molecular complexity index is 875. The van der Waals surface area contributed by atoms with Crippen LogP contribution in [0.15, 0.2) is 64.5 Å². The van der Waals surface area contributed by atoms with Gasteiger partial charge in [-0.15, -0.1) is 0 Å². The van der Waals surface area contributed by atoms with Crippen LogP contribution in [0.5, 0.6) is 0 Å². The Morgan fingerprint density at radius 1 is 1.19 bits per heavy atom. The molecule has 3 amide bonds. The van der Waals surface area contributed by atoms with E-state index < -0.39 is 11.9 Å². The summed E-state index contributed by atoms with van der Waals surface area (Å²) < 4.78 is 7.02. The lowest BCUT2D eigenvalue weighted by molar-refractivity contribution is -0.117. The number of benzene rings is 1. The van der Waals surface area contributed by atoms with Gasteiger partial charge in [-0.3, -0.25) is 10.1 Å². The molecule has 0 atom stereocenters. The van der Waals surface area contributed by atoms with Crippen molar-refractivity contribution in [3.8, 4) is 11.3 Å². The summed E-state index contributed by atoms with van der Waals surface area (Å²) in [6, 6.07) is 12.8. The molecule has 134 valence electrons. The van der Waals surface area contributed by atoms with Crippen LogP contribution in [0.1, 0.15) is 5.76 Å². The number of aromatic nitrogens is 2. The van der Waals surface area contributed by atoms with Crippen molar-refractivity contribution in [3.05, 3.63) is 60.7 Å². The highest BCUT2D eigenvalue weighted by atomic mass is 32.2. The zero-order chi connectivity index (χ0) is 18.4. The molecule has 7 nitrogen and oxygen atoms in total. The Labute approximate surface area is 154 Å². The first kappa shape index (κ1) is 17.8. The van der Waals surface area contributed by atoms with E-state index in [1.54, 1.807) is 18.3 Å². The van der Waals surface area contributed by atoms with Gasteiger partial charge < -0.3 is 14.3 Å². The van der Waals surface area contributed by atoms with Gasteiger partial charge in [-0.1, -0.05) is 42.1 Å². The van der Waals surface area contributed by atoms with E-state index in [1.165, 1.54) is 18.0 Å².